The van der Waals surface area contributed by atoms with Crippen molar-refractivity contribution in [1.29, 1.82) is 0 Å². The van der Waals surface area contributed by atoms with Crippen LogP contribution in [-0.4, -0.2) is 31.7 Å². The average Bonchev–Trinajstić information content (AvgIpc) is 3.07. The van der Waals surface area contributed by atoms with Crippen molar-refractivity contribution in [2.24, 2.45) is 0 Å². The summed E-state index contributed by atoms with van der Waals surface area (Å²) in [5.74, 6) is -2.70. The lowest BCUT2D eigenvalue weighted by Crippen LogP contribution is -2.44. The number of ether oxygens (including phenoxy) is 1. The van der Waals surface area contributed by atoms with E-state index >= 15 is 0 Å². The Kier molecular flexibility index (Phi) is 3.66. The quantitative estimate of drug-likeness (QED) is 0.485. The average molecular weight is 410 g/mol. The Morgan fingerprint density at radius 3 is 2.77 bits per heavy atom. The lowest BCUT2D eigenvalue weighted by Gasteiger charge is -2.31. The van der Waals surface area contributed by atoms with Crippen LogP contribution in [0.3, 0.4) is 0 Å². The summed E-state index contributed by atoms with van der Waals surface area (Å²) in [7, 11) is 0. The van der Waals surface area contributed by atoms with Crippen LogP contribution in [0.1, 0.15) is 40.4 Å². The number of pyridine rings is 2. The Bertz CT molecular complexity index is 1360. The molecule has 0 spiro atoms. The zero-order valence-electron chi connectivity index (χ0n) is 15.7. The van der Waals surface area contributed by atoms with E-state index in [9.17, 15) is 29.0 Å². The molecule has 0 unspecified atom stereocenters. The van der Waals surface area contributed by atoms with Crippen molar-refractivity contribution >= 4 is 22.8 Å². The Morgan fingerprint density at radius 1 is 1.30 bits per heavy atom. The van der Waals surface area contributed by atoms with Crippen molar-refractivity contribution < 1.29 is 28.9 Å². The van der Waals surface area contributed by atoms with Gasteiger partial charge in [-0.25, -0.2) is 19.0 Å². The van der Waals surface area contributed by atoms with Gasteiger partial charge in [0.05, 0.1) is 34.6 Å². The molecule has 0 fully saturated rings. The number of esters is 1. The van der Waals surface area contributed by atoms with E-state index in [0.717, 1.165) is 6.07 Å². The number of fused-ring (bicyclic) bond motifs is 5. The van der Waals surface area contributed by atoms with E-state index < -0.39 is 28.9 Å². The molecule has 2 aromatic heterocycles. The zero-order chi connectivity index (χ0) is 21.4. The number of aliphatic hydroxyl groups is 1. The Hall–Kier alpha value is -3.59. The Labute approximate surface area is 168 Å². The van der Waals surface area contributed by atoms with Gasteiger partial charge in [0.2, 0.25) is 0 Å². The number of carbonyl (C=O) groups excluding carboxylic acids is 1. The van der Waals surface area contributed by atoms with Crippen LogP contribution >= 0.6 is 0 Å². The van der Waals surface area contributed by atoms with Crippen molar-refractivity contribution in [3.63, 3.8) is 0 Å². The summed E-state index contributed by atoms with van der Waals surface area (Å²) >= 11 is 0. The van der Waals surface area contributed by atoms with E-state index in [1.165, 1.54) is 22.8 Å². The minimum absolute atomic E-state index is 0.000610. The van der Waals surface area contributed by atoms with E-state index in [-0.39, 0.29) is 58.4 Å². The predicted molar refractivity (Wildman–Crippen MR) is 101 cm³/mol. The lowest BCUT2D eigenvalue weighted by molar-refractivity contribution is -0.172. The number of aromatic nitrogens is 2. The van der Waals surface area contributed by atoms with E-state index in [1.54, 1.807) is 6.92 Å². The fourth-order valence-electron chi connectivity index (χ4n) is 4.30. The molecule has 4 heterocycles. The molecule has 9 heteroatoms. The number of carboxylic acid groups (broad SMARTS) is 1. The fourth-order valence-corrected chi connectivity index (χ4v) is 4.30. The number of halogens is 1. The summed E-state index contributed by atoms with van der Waals surface area (Å²) in [6.45, 7) is 1.24. The van der Waals surface area contributed by atoms with Gasteiger partial charge in [0.25, 0.3) is 5.56 Å². The number of hydrogen-bond donors (Lipinski definition) is 2. The van der Waals surface area contributed by atoms with Gasteiger partial charge < -0.3 is 19.5 Å². The number of nitrogens with zero attached hydrogens (tertiary/aromatic N) is 2. The van der Waals surface area contributed by atoms with Gasteiger partial charge in [-0.2, -0.15) is 0 Å². The van der Waals surface area contributed by atoms with Gasteiger partial charge in [0, 0.05) is 16.5 Å². The molecule has 0 aliphatic carbocycles. The van der Waals surface area contributed by atoms with Crippen molar-refractivity contribution in [3.05, 3.63) is 62.7 Å². The van der Waals surface area contributed by atoms with Gasteiger partial charge >= 0.3 is 11.9 Å². The van der Waals surface area contributed by atoms with Crippen LogP contribution in [0.2, 0.25) is 0 Å². The summed E-state index contributed by atoms with van der Waals surface area (Å²) in [6, 6.07) is 5.15. The van der Waals surface area contributed by atoms with Gasteiger partial charge in [-0.1, -0.05) is 6.92 Å². The minimum Gasteiger partial charge on any atom is -0.478 e. The minimum atomic E-state index is -1.97. The molecule has 3 aromatic rings. The smallest absolute Gasteiger partial charge is 0.343 e. The van der Waals surface area contributed by atoms with E-state index in [1.807, 2.05) is 0 Å². The van der Waals surface area contributed by atoms with Gasteiger partial charge in [-0.15, -0.1) is 0 Å². The van der Waals surface area contributed by atoms with E-state index in [0.29, 0.717) is 5.69 Å². The topological polar surface area (TPSA) is 119 Å². The van der Waals surface area contributed by atoms with E-state index in [2.05, 4.69) is 4.98 Å². The van der Waals surface area contributed by atoms with Crippen LogP contribution in [0.15, 0.2) is 29.1 Å². The van der Waals surface area contributed by atoms with Crippen LogP contribution in [0, 0.1) is 5.82 Å². The Morgan fingerprint density at radius 2 is 2.07 bits per heavy atom. The molecule has 0 bridgehead atoms. The summed E-state index contributed by atoms with van der Waals surface area (Å²) < 4.78 is 20.1. The second kappa shape index (κ2) is 5.96. The first-order valence-corrected chi connectivity index (χ1v) is 9.29. The molecule has 2 N–H and O–H groups in total. The molecule has 1 aromatic carbocycles. The van der Waals surface area contributed by atoms with Crippen molar-refractivity contribution in [1.82, 2.24) is 9.55 Å². The van der Waals surface area contributed by atoms with Crippen LogP contribution in [0.25, 0.3) is 22.3 Å². The molecule has 5 rings (SSSR count). The maximum atomic E-state index is 13.8. The number of hydrogen-bond acceptors (Lipinski definition) is 6. The van der Waals surface area contributed by atoms with Crippen LogP contribution in [0.4, 0.5) is 4.39 Å². The molecule has 2 aliphatic rings. The van der Waals surface area contributed by atoms with Gasteiger partial charge in [-0.3, -0.25) is 4.79 Å². The molecule has 1 atom stereocenters. The maximum Gasteiger partial charge on any atom is 0.343 e. The third-order valence-corrected chi connectivity index (χ3v) is 5.86. The highest BCUT2D eigenvalue weighted by Crippen LogP contribution is 2.40. The van der Waals surface area contributed by atoms with Crippen LogP contribution < -0.4 is 5.56 Å². The normalized spacial score (nSPS) is 19.2. The lowest BCUT2D eigenvalue weighted by atomic mass is 9.86. The monoisotopic (exact) mass is 410 g/mol. The summed E-state index contributed by atoms with van der Waals surface area (Å²) in [4.78, 5) is 41.9. The molecule has 0 radical (unpaired) electrons. The fraction of sp³-hybridized carbons (Fsp3) is 0.238. The highest BCUT2D eigenvalue weighted by atomic mass is 19.1. The van der Waals surface area contributed by atoms with Gasteiger partial charge in [-0.05, 0) is 30.7 Å². The molecular formula is C21H15FN2O6. The number of benzene rings is 1. The SMILES string of the molecule is CC[C@@]1(O)C(=O)OCc2c1cc1n(c2=O)Cc2c-1nc1ccc(F)cc1c2C(=O)O. The highest BCUT2D eigenvalue weighted by molar-refractivity contribution is 6.06. The standard InChI is InChI=1S/C21H15FN2O6/c1-2-21(29)13-6-15-17-11(7-24(15)18(25)12(13)8-30-20(21)28)16(19(26)27)10-5-9(22)3-4-14(10)23-17/h3-6,29H,2,7-8H2,1H3,(H,26,27)/t21-/m0/s1. The third kappa shape index (κ3) is 2.23. The molecule has 8 nitrogen and oxygen atoms in total. The van der Waals surface area contributed by atoms with Crippen molar-refractivity contribution in [2.45, 2.75) is 32.1 Å². The number of carbonyl (C=O) groups is 2. The zero-order valence-corrected chi connectivity index (χ0v) is 15.7. The third-order valence-electron chi connectivity index (χ3n) is 5.86. The molecule has 0 saturated carbocycles. The van der Waals surface area contributed by atoms with E-state index in [4.69, 9.17) is 4.74 Å². The molecule has 30 heavy (non-hydrogen) atoms. The number of carboxylic acids is 1. The summed E-state index contributed by atoms with van der Waals surface area (Å²) in [5.41, 5.74) is -1.23. The van der Waals surface area contributed by atoms with Gasteiger partial charge in [0.1, 0.15) is 12.4 Å². The largest absolute Gasteiger partial charge is 0.478 e. The predicted octanol–water partition coefficient (Wildman–Crippen LogP) is 1.92. The molecular weight excluding hydrogens is 395 g/mol. The number of cyclic esters (lactones) is 1. The molecule has 2 aliphatic heterocycles. The Balaban J connectivity index is 1.86. The summed E-state index contributed by atoms with van der Waals surface area (Å²) in [5, 5.41) is 20.8. The van der Waals surface area contributed by atoms with Crippen molar-refractivity contribution in [3.8, 4) is 11.4 Å². The highest BCUT2D eigenvalue weighted by Gasteiger charge is 2.45. The molecule has 0 amide bonds. The maximum absolute atomic E-state index is 13.8. The second-order valence-electron chi connectivity index (χ2n) is 7.38. The number of aromatic carboxylic acids is 1. The van der Waals surface area contributed by atoms with Crippen LogP contribution in [0.5, 0.6) is 0 Å². The van der Waals surface area contributed by atoms with Gasteiger partial charge in [0.15, 0.2) is 5.60 Å². The first-order chi connectivity index (χ1) is 14.3. The van der Waals surface area contributed by atoms with Crippen LogP contribution in [-0.2, 0) is 28.3 Å². The molecule has 152 valence electrons. The second-order valence-corrected chi connectivity index (χ2v) is 7.38. The molecule has 0 saturated heterocycles. The number of rotatable bonds is 2. The van der Waals surface area contributed by atoms with Crippen molar-refractivity contribution in [2.75, 3.05) is 0 Å². The first kappa shape index (κ1) is 18.4. The summed E-state index contributed by atoms with van der Waals surface area (Å²) in [6.07, 6.45) is -0.000610. The first-order valence-electron chi connectivity index (χ1n) is 9.29.